The molecule has 1 aliphatic carbocycles. The number of benzene rings is 1. The first kappa shape index (κ1) is 19.7. The van der Waals surface area contributed by atoms with Gasteiger partial charge in [-0.1, -0.05) is 30.5 Å². The number of alkyl halides is 3. The fourth-order valence-corrected chi connectivity index (χ4v) is 3.18. The Balaban J connectivity index is 1.65. The van der Waals surface area contributed by atoms with E-state index in [1.807, 2.05) is 0 Å². The van der Waals surface area contributed by atoms with Crippen LogP contribution in [0.2, 0.25) is 5.02 Å². The van der Waals surface area contributed by atoms with E-state index in [1.165, 1.54) is 18.3 Å². The third-order valence-electron chi connectivity index (χ3n) is 4.58. The zero-order chi connectivity index (χ0) is 19.6. The van der Waals surface area contributed by atoms with Gasteiger partial charge in [-0.3, -0.25) is 9.79 Å². The van der Waals surface area contributed by atoms with Crippen molar-refractivity contribution >= 4 is 23.2 Å². The van der Waals surface area contributed by atoms with Crippen molar-refractivity contribution in [2.24, 2.45) is 10.9 Å². The van der Waals surface area contributed by atoms with Crippen LogP contribution in [0.15, 0.2) is 35.5 Å². The van der Waals surface area contributed by atoms with Crippen molar-refractivity contribution in [3.63, 3.8) is 0 Å². The molecule has 1 saturated carbocycles. The van der Waals surface area contributed by atoms with Crippen LogP contribution < -0.4 is 5.32 Å². The number of carbonyl (C=O) groups excluding carboxylic acids is 1. The van der Waals surface area contributed by atoms with E-state index < -0.39 is 23.6 Å². The van der Waals surface area contributed by atoms with Crippen molar-refractivity contribution in [2.75, 3.05) is 13.2 Å². The molecular weight excluding hydrogens is 386 g/mol. The second kappa shape index (κ2) is 7.88. The molecule has 0 radical (unpaired) electrons. The number of carbonyl (C=O) groups is 1. The van der Waals surface area contributed by atoms with Gasteiger partial charge >= 0.3 is 6.18 Å². The third kappa shape index (κ3) is 5.00. The molecule has 0 spiro atoms. The second-order valence-corrected chi connectivity index (χ2v) is 7.06. The van der Waals surface area contributed by atoms with Crippen LogP contribution in [-0.4, -0.2) is 42.0 Å². The Morgan fingerprint density at radius 2 is 2.11 bits per heavy atom. The molecule has 1 aromatic carbocycles. The summed E-state index contributed by atoms with van der Waals surface area (Å²) in [4.78, 5) is 17.6. The summed E-state index contributed by atoms with van der Waals surface area (Å²) in [5.74, 6) is -0.902. The van der Waals surface area contributed by atoms with E-state index in [-0.39, 0.29) is 29.8 Å². The summed E-state index contributed by atoms with van der Waals surface area (Å²) in [6, 6.07) is 3.73. The van der Waals surface area contributed by atoms with Gasteiger partial charge in [0.05, 0.1) is 10.6 Å². The molecule has 9 heteroatoms. The molecule has 1 aromatic rings. The highest BCUT2D eigenvalue weighted by Gasteiger charge is 2.36. The number of aliphatic imine (C=N–C) groups is 1. The Morgan fingerprint density at radius 1 is 1.37 bits per heavy atom. The van der Waals surface area contributed by atoms with Gasteiger partial charge in [0.2, 0.25) is 0 Å². The predicted molar refractivity (Wildman–Crippen MR) is 94.2 cm³/mol. The van der Waals surface area contributed by atoms with Crippen molar-refractivity contribution in [2.45, 2.75) is 31.5 Å². The van der Waals surface area contributed by atoms with E-state index in [4.69, 9.17) is 11.6 Å². The lowest BCUT2D eigenvalue weighted by molar-refractivity contribution is -0.0584. The number of allylic oxidation sites excluding steroid dienone is 1. The number of halogens is 5. The minimum atomic E-state index is -4.48. The number of rotatable bonds is 6. The van der Waals surface area contributed by atoms with E-state index in [0.29, 0.717) is 12.3 Å². The van der Waals surface area contributed by atoms with Crippen molar-refractivity contribution < 1.29 is 22.4 Å². The van der Waals surface area contributed by atoms with Gasteiger partial charge in [0.15, 0.2) is 0 Å². The first-order valence-corrected chi connectivity index (χ1v) is 8.91. The third-order valence-corrected chi connectivity index (χ3v) is 4.89. The van der Waals surface area contributed by atoms with Crippen LogP contribution in [0.1, 0.15) is 29.6 Å². The summed E-state index contributed by atoms with van der Waals surface area (Å²) in [7, 11) is 0. The molecule has 1 fully saturated rings. The average Bonchev–Trinajstić information content (AvgIpc) is 3.42. The van der Waals surface area contributed by atoms with Gasteiger partial charge in [-0.25, -0.2) is 4.39 Å². The lowest BCUT2D eigenvalue weighted by Gasteiger charge is -2.32. The zero-order valence-corrected chi connectivity index (χ0v) is 15.0. The van der Waals surface area contributed by atoms with E-state index >= 15 is 0 Å². The first-order chi connectivity index (χ1) is 12.8. The quantitative estimate of drug-likeness (QED) is 0.725. The molecule has 1 N–H and O–H groups in total. The summed E-state index contributed by atoms with van der Waals surface area (Å²) in [6.45, 7) is 0.0141. The Bertz CT molecular complexity index is 754. The van der Waals surface area contributed by atoms with Gasteiger partial charge in [0.1, 0.15) is 18.2 Å². The Kier molecular flexibility index (Phi) is 5.74. The van der Waals surface area contributed by atoms with Gasteiger partial charge in [-0.2, -0.15) is 13.2 Å². The SMILES string of the molecule is O=C(NCC(CC1CC1)N1C=CC(C(F)(F)F)=NC1)c1c(F)cccc1Cl. The fraction of sp³-hybridized carbons (Fsp3) is 0.444. The zero-order valence-electron chi connectivity index (χ0n) is 14.3. The maximum atomic E-state index is 13.9. The van der Waals surface area contributed by atoms with Gasteiger partial charge in [0.25, 0.3) is 5.91 Å². The molecule has 2 aliphatic rings. The monoisotopic (exact) mass is 403 g/mol. The molecule has 0 bridgehead atoms. The smallest absolute Gasteiger partial charge is 0.354 e. The largest absolute Gasteiger partial charge is 0.433 e. The molecule has 4 nitrogen and oxygen atoms in total. The molecule has 1 aliphatic heterocycles. The predicted octanol–water partition coefficient (Wildman–Crippen LogP) is 4.17. The number of hydrogen-bond donors (Lipinski definition) is 1. The molecule has 0 saturated heterocycles. The van der Waals surface area contributed by atoms with Crippen LogP contribution in [0.5, 0.6) is 0 Å². The van der Waals surface area contributed by atoms with Crippen molar-refractivity contribution in [1.82, 2.24) is 10.2 Å². The standard InChI is InChI=1S/C18H18ClF4N3O/c19-13-2-1-3-14(20)16(13)17(27)24-9-12(8-11-4-5-11)26-7-6-15(25-10-26)18(21,22)23/h1-3,6-7,11-12H,4-5,8-10H2,(H,24,27). The maximum absolute atomic E-state index is 13.9. The number of nitrogens with one attached hydrogen (secondary N) is 1. The summed E-state index contributed by atoms with van der Waals surface area (Å²) >= 11 is 5.89. The highest BCUT2D eigenvalue weighted by molar-refractivity contribution is 6.33. The Hall–Kier alpha value is -2.09. The van der Waals surface area contributed by atoms with Crippen LogP contribution in [0.4, 0.5) is 17.6 Å². The van der Waals surface area contributed by atoms with E-state index in [1.54, 1.807) is 4.90 Å². The Labute approximate surface area is 158 Å². The van der Waals surface area contributed by atoms with Gasteiger partial charge in [-0.05, 0) is 30.5 Å². The highest BCUT2D eigenvalue weighted by atomic mass is 35.5. The molecule has 146 valence electrons. The average molecular weight is 404 g/mol. The summed E-state index contributed by atoms with van der Waals surface area (Å²) < 4.78 is 52.0. The molecule has 3 rings (SSSR count). The van der Waals surface area contributed by atoms with Crippen molar-refractivity contribution in [3.05, 3.63) is 46.9 Å². The number of hydrogen-bond acceptors (Lipinski definition) is 3. The van der Waals surface area contributed by atoms with E-state index in [2.05, 4.69) is 10.3 Å². The minimum Gasteiger partial charge on any atom is -0.354 e. The second-order valence-electron chi connectivity index (χ2n) is 6.65. The molecule has 1 amide bonds. The van der Waals surface area contributed by atoms with E-state index in [0.717, 1.165) is 25.0 Å². The van der Waals surface area contributed by atoms with Crippen LogP contribution in [0.25, 0.3) is 0 Å². The van der Waals surface area contributed by atoms with Crippen molar-refractivity contribution in [1.29, 1.82) is 0 Å². The van der Waals surface area contributed by atoms with E-state index in [9.17, 15) is 22.4 Å². The molecule has 27 heavy (non-hydrogen) atoms. The van der Waals surface area contributed by atoms with Gasteiger partial charge < -0.3 is 10.2 Å². The van der Waals surface area contributed by atoms with Gasteiger partial charge in [0, 0.05) is 18.8 Å². The van der Waals surface area contributed by atoms with Crippen LogP contribution in [0.3, 0.4) is 0 Å². The Morgan fingerprint density at radius 3 is 2.67 bits per heavy atom. The van der Waals surface area contributed by atoms with Crippen LogP contribution >= 0.6 is 11.6 Å². The number of amides is 1. The van der Waals surface area contributed by atoms with Crippen molar-refractivity contribution in [3.8, 4) is 0 Å². The highest BCUT2D eigenvalue weighted by Crippen LogP contribution is 2.35. The van der Waals surface area contributed by atoms with Gasteiger partial charge in [-0.15, -0.1) is 0 Å². The molecule has 1 unspecified atom stereocenters. The number of nitrogens with zero attached hydrogens (tertiary/aromatic N) is 2. The lowest BCUT2D eigenvalue weighted by Crippen LogP contribution is -2.43. The molecular formula is C18H18ClF4N3O. The summed E-state index contributed by atoms with van der Waals surface area (Å²) in [5.41, 5.74) is -1.16. The first-order valence-electron chi connectivity index (χ1n) is 8.53. The summed E-state index contributed by atoms with van der Waals surface area (Å²) in [6.07, 6.45) is 0.622. The maximum Gasteiger partial charge on any atom is 0.433 e. The normalized spacial score (nSPS) is 18.3. The topological polar surface area (TPSA) is 44.7 Å². The summed E-state index contributed by atoms with van der Waals surface area (Å²) in [5, 5.41) is 2.65. The van der Waals surface area contributed by atoms with Crippen LogP contribution in [-0.2, 0) is 0 Å². The molecule has 1 atom stereocenters. The lowest BCUT2D eigenvalue weighted by atomic mass is 10.1. The minimum absolute atomic E-state index is 0.00327. The molecule has 0 aromatic heterocycles. The van der Waals surface area contributed by atoms with Crippen LogP contribution in [0, 0.1) is 11.7 Å². The molecule has 1 heterocycles. The fourth-order valence-electron chi connectivity index (χ4n) is 2.93.